The molecule has 0 fully saturated rings. The number of carbonyl (C=O) groups is 1. The molecule has 1 aliphatic carbocycles. The average molecular weight is 576 g/mol. The monoisotopic (exact) mass is 574 g/mol. The summed E-state index contributed by atoms with van der Waals surface area (Å²) in [5.41, 5.74) is 0.363. The molecule has 4 aromatic carbocycles. The number of phenols is 5. The van der Waals surface area contributed by atoms with Gasteiger partial charge < -0.3 is 30.3 Å². The van der Waals surface area contributed by atoms with Crippen molar-refractivity contribution in [1.82, 2.24) is 0 Å². The number of ketones is 1. The molecular formula is C28H21Cl3O7. The molecule has 196 valence electrons. The second kappa shape index (κ2) is 8.50. The van der Waals surface area contributed by atoms with Gasteiger partial charge >= 0.3 is 0 Å². The van der Waals surface area contributed by atoms with Crippen molar-refractivity contribution in [2.24, 2.45) is 0 Å². The van der Waals surface area contributed by atoms with E-state index in [9.17, 15) is 30.3 Å². The molecule has 0 unspecified atom stereocenters. The molecule has 0 aliphatic heterocycles. The summed E-state index contributed by atoms with van der Waals surface area (Å²) in [4.78, 5) is 13.8. The number of ether oxygens (including phenoxy) is 1. The van der Waals surface area contributed by atoms with Gasteiger partial charge in [0.2, 0.25) is 5.78 Å². The summed E-state index contributed by atoms with van der Waals surface area (Å²) in [7, 11) is 1.39. The highest BCUT2D eigenvalue weighted by Gasteiger charge is 2.42. The van der Waals surface area contributed by atoms with Crippen LogP contribution >= 0.6 is 34.8 Å². The van der Waals surface area contributed by atoms with Crippen molar-refractivity contribution in [3.05, 3.63) is 67.2 Å². The minimum Gasteiger partial charge on any atom is -0.506 e. The van der Waals surface area contributed by atoms with Gasteiger partial charge in [0.1, 0.15) is 39.5 Å². The maximum absolute atomic E-state index is 13.8. The molecule has 5 rings (SSSR count). The van der Waals surface area contributed by atoms with Gasteiger partial charge in [0, 0.05) is 33.4 Å². The van der Waals surface area contributed by atoms with Crippen molar-refractivity contribution in [3.8, 4) is 45.6 Å². The second-order valence-corrected chi connectivity index (χ2v) is 10.8. The normalized spacial score (nSPS) is 13.9. The van der Waals surface area contributed by atoms with E-state index in [1.165, 1.54) is 25.3 Å². The first kappa shape index (κ1) is 26.1. The van der Waals surface area contributed by atoms with Crippen molar-refractivity contribution in [1.29, 1.82) is 0 Å². The topological polar surface area (TPSA) is 127 Å². The zero-order valence-electron chi connectivity index (χ0n) is 20.5. The van der Waals surface area contributed by atoms with Gasteiger partial charge in [0.05, 0.1) is 28.3 Å². The van der Waals surface area contributed by atoms with Crippen LogP contribution in [-0.4, -0.2) is 38.4 Å². The van der Waals surface area contributed by atoms with Gasteiger partial charge in [0.15, 0.2) is 0 Å². The Labute approximate surface area is 232 Å². The summed E-state index contributed by atoms with van der Waals surface area (Å²) in [6.45, 7) is 5.13. The summed E-state index contributed by atoms with van der Waals surface area (Å²) < 4.78 is 5.48. The van der Waals surface area contributed by atoms with E-state index in [4.69, 9.17) is 39.5 Å². The van der Waals surface area contributed by atoms with E-state index in [1.807, 2.05) is 0 Å². The second-order valence-electron chi connectivity index (χ2n) is 9.67. The lowest BCUT2D eigenvalue weighted by atomic mass is 9.67. The van der Waals surface area contributed by atoms with Gasteiger partial charge in [-0.2, -0.15) is 0 Å². The predicted molar refractivity (Wildman–Crippen MR) is 146 cm³/mol. The molecule has 1 aliphatic rings. The molecule has 5 N–H and O–H groups in total. The minimum absolute atomic E-state index is 0.0337. The molecule has 0 radical (unpaired) electrons. The third-order valence-electron chi connectivity index (χ3n) is 7.27. The summed E-state index contributed by atoms with van der Waals surface area (Å²) in [5.74, 6) is -2.50. The van der Waals surface area contributed by atoms with E-state index < -0.39 is 28.4 Å². The summed E-state index contributed by atoms with van der Waals surface area (Å²) >= 11 is 18.9. The van der Waals surface area contributed by atoms with Crippen molar-refractivity contribution in [2.45, 2.75) is 26.2 Å². The SMILES string of the molecule is COc1cc(O)c(Cl)c(C)c1-c1cc(O)c(Cl)c2cc3c(c(O)c12)C(=O)c1c(cc(O)c(Cl)c1O)C3(C)C. The molecule has 0 amide bonds. The molecule has 0 atom stereocenters. The van der Waals surface area contributed by atoms with Crippen LogP contribution in [0.5, 0.6) is 34.5 Å². The molecular weight excluding hydrogens is 555 g/mol. The van der Waals surface area contributed by atoms with Crippen molar-refractivity contribution >= 4 is 51.4 Å². The Bertz CT molecular complexity index is 1740. The Morgan fingerprint density at radius 3 is 1.92 bits per heavy atom. The number of methoxy groups -OCH3 is 1. The van der Waals surface area contributed by atoms with Gasteiger partial charge in [-0.1, -0.05) is 48.7 Å². The van der Waals surface area contributed by atoms with E-state index in [0.717, 1.165) is 0 Å². The number of hydrogen-bond donors (Lipinski definition) is 5. The first-order valence-electron chi connectivity index (χ1n) is 11.3. The van der Waals surface area contributed by atoms with Crippen molar-refractivity contribution in [3.63, 3.8) is 0 Å². The van der Waals surface area contributed by atoms with Crippen LogP contribution in [0.1, 0.15) is 46.5 Å². The maximum Gasteiger partial charge on any atom is 0.201 e. The number of halogens is 3. The fourth-order valence-corrected chi connectivity index (χ4v) is 5.81. The predicted octanol–water partition coefficient (Wildman–Crippen LogP) is 7.18. The first-order chi connectivity index (χ1) is 17.7. The van der Waals surface area contributed by atoms with Gasteiger partial charge in [-0.25, -0.2) is 0 Å². The number of fused-ring (bicyclic) bond motifs is 3. The minimum atomic E-state index is -1.02. The van der Waals surface area contributed by atoms with E-state index in [1.54, 1.807) is 26.8 Å². The Balaban J connectivity index is 1.98. The smallest absolute Gasteiger partial charge is 0.201 e. The van der Waals surface area contributed by atoms with Gasteiger partial charge in [-0.15, -0.1) is 0 Å². The maximum atomic E-state index is 13.8. The number of aromatic hydroxyl groups is 5. The third-order valence-corrected chi connectivity index (χ3v) is 8.51. The highest BCUT2D eigenvalue weighted by molar-refractivity contribution is 6.39. The van der Waals surface area contributed by atoms with Gasteiger partial charge in [0.25, 0.3) is 0 Å². The molecule has 0 saturated heterocycles. The van der Waals surface area contributed by atoms with E-state index in [0.29, 0.717) is 22.3 Å². The number of benzene rings is 4. The van der Waals surface area contributed by atoms with Gasteiger partial charge in [-0.05, 0) is 41.8 Å². The zero-order valence-corrected chi connectivity index (χ0v) is 22.8. The average Bonchev–Trinajstić information content (AvgIpc) is 2.86. The summed E-state index contributed by atoms with van der Waals surface area (Å²) in [6, 6.07) is 5.51. The Hall–Kier alpha value is -3.52. The molecule has 4 aromatic rings. The van der Waals surface area contributed by atoms with Crippen LogP contribution in [0.15, 0.2) is 24.3 Å². The van der Waals surface area contributed by atoms with Crippen LogP contribution in [0.4, 0.5) is 0 Å². The number of rotatable bonds is 2. The molecule has 0 saturated carbocycles. The van der Waals surface area contributed by atoms with E-state index >= 15 is 0 Å². The van der Waals surface area contributed by atoms with Crippen LogP contribution in [0.3, 0.4) is 0 Å². The van der Waals surface area contributed by atoms with Crippen LogP contribution in [0.2, 0.25) is 15.1 Å². The Morgan fingerprint density at radius 1 is 0.737 bits per heavy atom. The Kier molecular flexibility index (Phi) is 5.84. The van der Waals surface area contributed by atoms with Crippen LogP contribution in [0.25, 0.3) is 21.9 Å². The standard InChI is InChI=1S/C28H21Cl3O7/c1-9-18(17(38-4)8-16(34)22(9)29)10-6-14(32)23(30)11-5-12-20(25(35)19(10)11)26(36)21-13(28(12,2)3)7-15(33)24(31)27(21)37/h5-8,32-35,37H,1-4H3. The summed E-state index contributed by atoms with van der Waals surface area (Å²) in [5, 5.41) is 53.7. The molecule has 10 heteroatoms. The van der Waals surface area contributed by atoms with E-state index in [2.05, 4.69) is 0 Å². The zero-order chi connectivity index (χ0) is 28.0. The van der Waals surface area contributed by atoms with Crippen LogP contribution in [-0.2, 0) is 5.41 Å². The molecule has 0 heterocycles. The van der Waals surface area contributed by atoms with Crippen LogP contribution < -0.4 is 4.74 Å². The molecule has 7 nitrogen and oxygen atoms in total. The highest BCUT2D eigenvalue weighted by Crippen LogP contribution is 2.55. The molecule has 38 heavy (non-hydrogen) atoms. The number of carbonyl (C=O) groups excluding carboxylic acids is 1. The van der Waals surface area contributed by atoms with Gasteiger partial charge in [-0.3, -0.25) is 4.79 Å². The largest absolute Gasteiger partial charge is 0.506 e. The van der Waals surface area contributed by atoms with Crippen molar-refractivity contribution < 1.29 is 35.1 Å². The summed E-state index contributed by atoms with van der Waals surface area (Å²) in [6.07, 6.45) is 0. The van der Waals surface area contributed by atoms with E-state index in [-0.39, 0.29) is 59.8 Å². The Morgan fingerprint density at radius 2 is 1.29 bits per heavy atom. The fraction of sp³-hybridized carbons (Fsp3) is 0.179. The molecule has 0 spiro atoms. The quantitative estimate of drug-likeness (QED) is 0.171. The lowest BCUT2D eigenvalue weighted by molar-refractivity contribution is 0.102. The lowest BCUT2D eigenvalue weighted by Gasteiger charge is -2.36. The first-order valence-corrected chi connectivity index (χ1v) is 12.4. The lowest BCUT2D eigenvalue weighted by Crippen LogP contribution is -2.30. The molecule has 0 bridgehead atoms. The number of hydrogen-bond acceptors (Lipinski definition) is 7. The molecule has 0 aromatic heterocycles. The third kappa shape index (κ3) is 3.32. The van der Waals surface area contributed by atoms with Crippen molar-refractivity contribution in [2.75, 3.05) is 7.11 Å². The highest BCUT2D eigenvalue weighted by atomic mass is 35.5. The number of phenolic OH excluding ortho intramolecular Hbond substituents is 5. The fourth-order valence-electron chi connectivity index (χ4n) is 5.31. The van der Waals surface area contributed by atoms with Crippen LogP contribution in [0, 0.1) is 6.92 Å².